The maximum absolute atomic E-state index is 5.56. The summed E-state index contributed by atoms with van der Waals surface area (Å²) in [5.41, 5.74) is 19.2. The molecule has 3 heteroatoms. The monoisotopic (exact) mass is 804 g/mol. The second kappa shape index (κ2) is 13.7. The Morgan fingerprint density at radius 1 is 0.306 bits per heavy atom. The van der Waals surface area contributed by atoms with Crippen molar-refractivity contribution in [3.63, 3.8) is 0 Å². The summed E-state index contributed by atoms with van der Waals surface area (Å²) in [6.45, 7) is 0. The first-order chi connectivity index (χ1) is 30.7. The maximum atomic E-state index is 5.56. The van der Waals surface area contributed by atoms with Crippen LogP contribution in [0.2, 0.25) is 0 Å². The number of hydrogen-bond donors (Lipinski definition) is 0. The van der Waals surface area contributed by atoms with Crippen molar-refractivity contribution in [1.29, 1.82) is 0 Å². The average Bonchev–Trinajstić information content (AvgIpc) is 3.84. The quantitative estimate of drug-likeness (QED) is 0.177. The predicted octanol–water partition coefficient (Wildman–Crippen LogP) is 15.5. The standard InChI is InChI=1S/C59H36N2S/c1-2-16-37(17-3-1)38-18-14-19-39(34-38)53-36-54(40-32-33-46-45-24-9-13-31-55(45)62-56(46)35-40)61-58(60-53)48-26-15-30-52-57(48)47-25-8-12-29-51(47)59(52)49-27-10-6-22-43(49)41-20-4-5-21-42(41)44-23-7-11-28-50(44)59/h1-36H. The van der Waals surface area contributed by atoms with Crippen molar-refractivity contribution < 1.29 is 0 Å². The van der Waals surface area contributed by atoms with Crippen LogP contribution in [-0.2, 0) is 5.41 Å². The van der Waals surface area contributed by atoms with Crippen LogP contribution in [0, 0.1) is 0 Å². The van der Waals surface area contributed by atoms with Gasteiger partial charge in [0.2, 0.25) is 0 Å². The predicted molar refractivity (Wildman–Crippen MR) is 258 cm³/mol. The molecule has 0 aliphatic heterocycles. The molecule has 0 N–H and O–H groups in total. The van der Waals surface area contributed by atoms with Crippen LogP contribution in [0.1, 0.15) is 22.3 Å². The highest BCUT2D eigenvalue weighted by Crippen LogP contribution is 2.62. The average molecular weight is 805 g/mol. The van der Waals surface area contributed by atoms with Crippen molar-refractivity contribution in [2.24, 2.45) is 0 Å². The first-order valence-electron chi connectivity index (χ1n) is 21.2. The number of thiophene rings is 1. The Morgan fingerprint density at radius 3 is 1.53 bits per heavy atom. The van der Waals surface area contributed by atoms with E-state index in [9.17, 15) is 0 Å². The number of fused-ring (bicyclic) bond motifs is 15. The van der Waals surface area contributed by atoms with Gasteiger partial charge in [-0.15, -0.1) is 11.3 Å². The van der Waals surface area contributed by atoms with E-state index in [-0.39, 0.29) is 0 Å². The van der Waals surface area contributed by atoms with E-state index >= 15 is 0 Å². The van der Waals surface area contributed by atoms with Crippen LogP contribution in [0.25, 0.3) is 98.6 Å². The first kappa shape index (κ1) is 35.1. The molecule has 62 heavy (non-hydrogen) atoms. The Bertz CT molecular complexity index is 3530. The summed E-state index contributed by atoms with van der Waals surface area (Å²) >= 11 is 1.83. The van der Waals surface area contributed by atoms with Crippen molar-refractivity contribution >= 4 is 31.5 Å². The number of rotatable bonds is 4. The summed E-state index contributed by atoms with van der Waals surface area (Å²) in [7, 11) is 0. The van der Waals surface area contributed by atoms with E-state index in [1.54, 1.807) is 0 Å². The largest absolute Gasteiger partial charge is 0.228 e. The zero-order chi connectivity index (χ0) is 40.8. The van der Waals surface area contributed by atoms with Gasteiger partial charge in [-0.2, -0.15) is 0 Å². The number of aromatic nitrogens is 2. The van der Waals surface area contributed by atoms with Gasteiger partial charge in [0.1, 0.15) is 0 Å². The highest BCUT2D eigenvalue weighted by molar-refractivity contribution is 7.25. The molecule has 1 spiro atoms. The summed E-state index contributed by atoms with van der Waals surface area (Å²) in [5.74, 6) is 0.709. The van der Waals surface area contributed by atoms with Crippen molar-refractivity contribution in [2.75, 3.05) is 0 Å². The van der Waals surface area contributed by atoms with Crippen LogP contribution < -0.4 is 0 Å². The lowest BCUT2D eigenvalue weighted by atomic mass is 9.66. The molecule has 288 valence electrons. The van der Waals surface area contributed by atoms with E-state index in [1.165, 1.54) is 81.4 Å². The molecule has 2 heterocycles. The minimum atomic E-state index is -0.592. The minimum absolute atomic E-state index is 0.592. The van der Waals surface area contributed by atoms with Gasteiger partial charge in [0.05, 0.1) is 16.8 Å². The Hall–Kier alpha value is -7.72. The SMILES string of the molecule is c1ccc(-c2cccc(-c3cc(-c4ccc5c(c4)sc4ccccc45)nc(-c4cccc5c4-c4ccccc4C54c5ccccc5-c5ccccc5-c5ccccc54)n3)c2)cc1. The molecular formula is C59H36N2S. The van der Waals surface area contributed by atoms with Crippen LogP contribution in [-0.4, -0.2) is 9.97 Å². The van der Waals surface area contributed by atoms with Gasteiger partial charge < -0.3 is 0 Å². The van der Waals surface area contributed by atoms with Crippen molar-refractivity contribution in [1.82, 2.24) is 9.97 Å². The minimum Gasteiger partial charge on any atom is -0.228 e. The van der Waals surface area contributed by atoms with Crippen LogP contribution in [0.5, 0.6) is 0 Å². The van der Waals surface area contributed by atoms with E-state index in [0.29, 0.717) is 5.82 Å². The fourth-order valence-corrected chi connectivity index (χ4v) is 11.7. The highest BCUT2D eigenvalue weighted by atomic mass is 32.1. The van der Waals surface area contributed by atoms with Gasteiger partial charge in [-0.25, -0.2) is 9.97 Å². The lowest BCUT2D eigenvalue weighted by Gasteiger charge is -2.35. The molecule has 2 aromatic heterocycles. The molecule has 2 nitrogen and oxygen atoms in total. The summed E-state index contributed by atoms with van der Waals surface area (Å²) in [6, 6.07) is 79.8. The van der Waals surface area contributed by atoms with Crippen LogP contribution in [0.3, 0.4) is 0 Å². The molecule has 0 bridgehead atoms. The Kier molecular flexibility index (Phi) is 7.72. The van der Waals surface area contributed by atoms with E-state index in [2.05, 4.69) is 218 Å². The smallest absolute Gasteiger partial charge is 0.161 e. The number of hydrogen-bond acceptors (Lipinski definition) is 3. The summed E-state index contributed by atoms with van der Waals surface area (Å²) in [5, 5.41) is 2.56. The van der Waals surface area contributed by atoms with Gasteiger partial charge in [-0.1, -0.05) is 194 Å². The van der Waals surface area contributed by atoms with Crippen LogP contribution in [0.15, 0.2) is 218 Å². The van der Waals surface area contributed by atoms with Gasteiger partial charge in [0, 0.05) is 36.9 Å². The molecule has 0 radical (unpaired) electrons. The number of nitrogens with zero attached hydrogens (tertiary/aromatic N) is 2. The Labute approximate surface area is 364 Å². The molecule has 0 amide bonds. The molecule has 0 unspecified atom stereocenters. The zero-order valence-electron chi connectivity index (χ0n) is 33.6. The molecule has 0 atom stereocenters. The zero-order valence-corrected chi connectivity index (χ0v) is 34.4. The second-order valence-electron chi connectivity index (χ2n) is 16.4. The highest BCUT2D eigenvalue weighted by Gasteiger charge is 2.50. The molecule has 13 rings (SSSR count). The molecule has 0 saturated carbocycles. The molecular weight excluding hydrogens is 769 g/mol. The summed E-state index contributed by atoms with van der Waals surface area (Å²) < 4.78 is 2.54. The first-order valence-corrected chi connectivity index (χ1v) is 22.0. The van der Waals surface area contributed by atoms with E-state index < -0.39 is 5.41 Å². The van der Waals surface area contributed by atoms with Crippen molar-refractivity contribution in [3.8, 4) is 78.4 Å². The molecule has 11 aromatic rings. The third kappa shape index (κ3) is 5.09. The molecule has 0 saturated heterocycles. The molecule has 0 fully saturated rings. The Morgan fingerprint density at radius 2 is 0.806 bits per heavy atom. The summed E-state index contributed by atoms with van der Waals surface area (Å²) in [6.07, 6.45) is 0. The van der Waals surface area contributed by atoms with Gasteiger partial charge in [0.25, 0.3) is 0 Å². The van der Waals surface area contributed by atoms with Crippen LogP contribution >= 0.6 is 11.3 Å². The third-order valence-corrected chi connectivity index (χ3v) is 14.3. The normalized spacial score (nSPS) is 13.0. The molecule has 2 aliphatic rings. The van der Waals surface area contributed by atoms with E-state index in [1.807, 2.05) is 11.3 Å². The molecule has 2 aliphatic carbocycles. The van der Waals surface area contributed by atoms with Gasteiger partial charge in [0.15, 0.2) is 5.82 Å². The third-order valence-electron chi connectivity index (χ3n) is 13.1. The van der Waals surface area contributed by atoms with Gasteiger partial charge >= 0.3 is 0 Å². The van der Waals surface area contributed by atoms with Crippen molar-refractivity contribution in [3.05, 3.63) is 241 Å². The summed E-state index contributed by atoms with van der Waals surface area (Å²) in [4.78, 5) is 11.1. The topological polar surface area (TPSA) is 25.8 Å². The Balaban J connectivity index is 1.09. The van der Waals surface area contributed by atoms with Crippen molar-refractivity contribution in [2.45, 2.75) is 5.41 Å². The lowest BCUT2D eigenvalue weighted by Crippen LogP contribution is -2.29. The fraction of sp³-hybridized carbons (Fsp3) is 0.0169. The number of benzene rings is 9. The van der Waals surface area contributed by atoms with Crippen LogP contribution in [0.4, 0.5) is 0 Å². The molecule has 9 aromatic carbocycles. The second-order valence-corrected chi connectivity index (χ2v) is 17.5. The van der Waals surface area contributed by atoms with E-state index in [0.717, 1.165) is 33.6 Å². The van der Waals surface area contributed by atoms with Gasteiger partial charge in [-0.3, -0.25) is 0 Å². The van der Waals surface area contributed by atoms with Gasteiger partial charge in [-0.05, 0) is 91.0 Å². The lowest BCUT2D eigenvalue weighted by molar-refractivity contribution is 0.775. The maximum Gasteiger partial charge on any atom is 0.161 e. The van der Waals surface area contributed by atoms with E-state index in [4.69, 9.17) is 9.97 Å². The fourth-order valence-electron chi connectivity index (χ4n) is 10.5.